The van der Waals surface area contributed by atoms with Crippen LogP contribution < -0.4 is 38.9 Å². The molecular formula is C22H42N8O7. The van der Waals surface area contributed by atoms with Crippen LogP contribution in [0, 0.1) is 5.92 Å². The summed E-state index contributed by atoms with van der Waals surface area (Å²) in [5.74, 6) is -4.97. The minimum atomic E-state index is -1.37. The number of hydrogen-bond donors (Lipinski definition) is 9. The molecule has 4 atom stereocenters. The minimum Gasteiger partial charge on any atom is -0.481 e. The summed E-state index contributed by atoms with van der Waals surface area (Å²) in [6.45, 7) is 4.16. The molecule has 0 heterocycles. The number of guanidine groups is 1. The van der Waals surface area contributed by atoms with Crippen LogP contribution in [0.3, 0.4) is 0 Å². The van der Waals surface area contributed by atoms with Crippen molar-refractivity contribution in [3.05, 3.63) is 0 Å². The number of hydrogen-bond acceptors (Lipinski definition) is 8. The molecule has 37 heavy (non-hydrogen) atoms. The van der Waals surface area contributed by atoms with E-state index in [2.05, 4.69) is 20.9 Å². The summed E-state index contributed by atoms with van der Waals surface area (Å²) in [6.07, 6.45) is 1.12. The molecule has 0 radical (unpaired) electrons. The highest BCUT2D eigenvalue weighted by atomic mass is 16.4. The Kier molecular flexibility index (Phi) is 16.2. The Morgan fingerprint density at radius 2 is 1.35 bits per heavy atom. The number of nitrogens with two attached hydrogens (primary N) is 4. The molecule has 0 bridgehead atoms. The number of carbonyl (C=O) groups is 5. The lowest BCUT2D eigenvalue weighted by atomic mass is 10.0. The third-order valence-electron chi connectivity index (χ3n) is 5.21. The van der Waals surface area contributed by atoms with Gasteiger partial charge in [-0.3, -0.25) is 24.2 Å². The number of amides is 3. The van der Waals surface area contributed by atoms with E-state index in [1.807, 2.05) is 13.8 Å². The molecule has 3 amide bonds. The number of carbonyl (C=O) groups excluding carboxylic acids is 3. The van der Waals surface area contributed by atoms with Gasteiger partial charge in [-0.2, -0.15) is 0 Å². The maximum atomic E-state index is 13.1. The normalized spacial score (nSPS) is 14.1. The lowest BCUT2D eigenvalue weighted by molar-refractivity contribution is -0.142. The largest absolute Gasteiger partial charge is 0.481 e. The standard InChI is InChI=1S/C22H42N8O7/c1-12(2)10-16(30-18(33)13(24)11-17(31)32)20(35)28-14(7-5-9-27-22(25)26)19(34)29-15(21(36)37)6-3-4-8-23/h12-16H,3-11,23-24H2,1-2H3,(H,28,35)(H,29,34)(H,30,33)(H,31,32)(H,36,37)(H4,25,26,27)/t13-,14+,15-,16+/m1/s1. The smallest absolute Gasteiger partial charge is 0.326 e. The van der Waals surface area contributed by atoms with Gasteiger partial charge in [0, 0.05) is 6.54 Å². The molecule has 0 saturated carbocycles. The molecule has 0 saturated heterocycles. The van der Waals surface area contributed by atoms with Crippen LogP contribution in [0.4, 0.5) is 0 Å². The molecule has 0 aromatic heterocycles. The lowest BCUT2D eigenvalue weighted by Crippen LogP contribution is -2.57. The van der Waals surface area contributed by atoms with E-state index in [9.17, 15) is 29.1 Å². The van der Waals surface area contributed by atoms with Gasteiger partial charge in [0.2, 0.25) is 17.7 Å². The molecular weight excluding hydrogens is 488 g/mol. The van der Waals surface area contributed by atoms with Crippen molar-refractivity contribution >= 4 is 35.6 Å². The highest BCUT2D eigenvalue weighted by molar-refractivity contribution is 5.94. The number of nitrogens with zero attached hydrogens (tertiary/aromatic N) is 1. The van der Waals surface area contributed by atoms with E-state index in [1.54, 1.807) is 0 Å². The van der Waals surface area contributed by atoms with Crippen molar-refractivity contribution in [1.29, 1.82) is 0 Å². The molecule has 212 valence electrons. The van der Waals surface area contributed by atoms with E-state index >= 15 is 0 Å². The summed E-state index contributed by atoms with van der Waals surface area (Å²) in [7, 11) is 0. The second-order valence-electron chi connectivity index (χ2n) is 9.09. The SMILES string of the molecule is CC(C)C[C@H](NC(=O)[C@H](N)CC(=O)O)C(=O)N[C@@H](CCCN=C(N)N)C(=O)N[C@H](CCCCN)C(=O)O. The van der Waals surface area contributed by atoms with Gasteiger partial charge in [0.05, 0.1) is 12.5 Å². The Hall–Kier alpha value is -3.46. The molecule has 0 aliphatic carbocycles. The molecule has 0 spiro atoms. The number of unbranched alkanes of at least 4 members (excludes halogenated alkanes) is 1. The van der Waals surface area contributed by atoms with Crippen LogP contribution in [0.15, 0.2) is 4.99 Å². The van der Waals surface area contributed by atoms with Gasteiger partial charge in [0.15, 0.2) is 5.96 Å². The predicted molar refractivity (Wildman–Crippen MR) is 136 cm³/mol. The highest BCUT2D eigenvalue weighted by Crippen LogP contribution is 2.09. The fraction of sp³-hybridized carbons (Fsp3) is 0.727. The molecule has 0 unspecified atom stereocenters. The number of nitrogens with one attached hydrogen (secondary N) is 3. The Labute approximate surface area is 216 Å². The molecule has 0 fully saturated rings. The van der Waals surface area contributed by atoms with Crippen molar-refractivity contribution in [1.82, 2.24) is 16.0 Å². The first-order chi connectivity index (χ1) is 17.3. The number of rotatable bonds is 19. The average molecular weight is 531 g/mol. The fourth-order valence-corrected chi connectivity index (χ4v) is 3.33. The number of carboxylic acid groups (broad SMARTS) is 2. The highest BCUT2D eigenvalue weighted by Gasteiger charge is 2.30. The molecule has 0 aliphatic rings. The Morgan fingerprint density at radius 3 is 1.86 bits per heavy atom. The Morgan fingerprint density at radius 1 is 0.811 bits per heavy atom. The van der Waals surface area contributed by atoms with Gasteiger partial charge in [-0.05, 0) is 51.0 Å². The van der Waals surface area contributed by atoms with Gasteiger partial charge in [0.25, 0.3) is 0 Å². The first-order valence-electron chi connectivity index (χ1n) is 12.1. The number of aliphatic carboxylic acids is 2. The van der Waals surface area contributed by atoms with Gasteiger partial charge in [-0.1, -0.05) is 13.8 Å². The van der Waals surface area contributed by atoms with Gasteiger partial charge in [-0.25, -0.2) is 4.79 Å². The van der Waals surface area contributed by atoms with E-state index in [4.69, 9.17) is 28.0 Å². The second-order valence-corrected chi connectivity index (χ2v) is 9.09. The lowest BCUT2D eigenvalue weighted by Gasteiger charge is -2.26. The van der Waals surface area contributed by atoms with Crippen LogP contribution in [0.25, 0.3) is 0 Å². The van der Waals surface area contributed by atoms with Crippen LogP contribution >= 0.6 is 0 Å². The van der Waals surface area contributed by atoms with Crippen molar-refractivity contribution in [2.75, 3.05) is 13.1 Å². The first-order valence-corrected chi connectivity index (χ1v) is 12.1. The molecule has 15 heteroatoms. The van der Waals surface area contributed by atoms with Crippen LogP contribution in [0.5, 0.6) is 0 Å². The van der Waals surface area contributed by atoms with E-state index in [0.29, 0.717) is 19.4 Å². The van der Waals surface area contributed by atoms with E-state index in [1.165, 1.54) is 0 Å². The number of carboxylic acids is 2. The summed E-state index contributed by atoms with van der Waals surface area (Å²) in [4.78, 5) is 64.7. The molecule has 0 aromatic carbocycles. The van der Waals surface area contributed by atoms with Crippen LogP contribution in [-0.2, 0) is 24.0 Å². The van der Waals surface area contributed by atoms with Gasteiger partial charge < -0.3 is 49.1 Å². The molecule has 0 aliphatic heterocycles. The summed E-state index contributed by atoms with van der Waals surface area (Å²) in [5, 5.41) is 25.8. The minimum absolute atomic E-state index is 0.0557. The van der Waals surface area contributed by atoms with Crippen LogP contribution in [0.2, 0.25) is 0 Å². The van der Waals surface area contributed by atoms with Crippen molar-refractivity contribution in [2.45, 2.75) is 83.0 Å². The maximum Gasteiger partial charge on any atom is 0.326 e. The number of aliphatic imine (C=N–C) groups is 1. The van der Waals surface area contributed by atoms with Crippen molar-refractivity contribution < 1.29 is 34.2 Å². The van der Waals surface area contributed by atoms with Crippen LogP contribution in [0.1, 0.15) is 58.8 Å². The van der Waals surface area contributed by atoms with Gasteiger partial charge in [0.1, 0.15) is 18.1 Å². The van der Waals surface area contributed by atoms with E-state index in [-0.39, 0.29) is 44.1 Å². The zero-order valence-electron chi connectivity index (χ0n) is 21.4. The Bertz CT molecular complexity index is 802. The summed E-state index contributed by atoms with van der Waals surface area (Å²) >= 11 is 0. The molecule has 13 N–H and O–H groups in total. The van der Waals surface area contributed by atoms with Crippen molar-refractivity contribution in [2.24, 2.45) is 33.8 Å². The zero-order valence-corrected chi connectivity index (χ0v) is 21.4. The first kappa shape index (κ1) is 33.5. The average Bonchev–Trinajstić information content (AvgIpc) is 2.78. The molecule has 0 rings (SSSR count). The Balaban J connectivity index is 5.62. The topological polar surface area (TPSA) is 278 Å². The van der Waals surface area contributed by atoms with Crippen molar-refractivity contribution in [3.8, 4) is 0 Å². The second kappa shape index (κ2) is 17.9. The maximum absolute atomic E-state index is 13.1. The van der Waals surface area contributed by atoms with Gasteiger partial charge >= 0.3 is 11.9 Å². The third-order valence-corrected chi connectivity index (χ3v) is 5.21. The fourth-order valence-electron chi connectivity index (χ4n) is 3.33. The van der Waals surface area contributed by atoms with E-state index < -0.39 is 60.2 Å². The van der Waals surface area contributed by atoms with Crippen molar-refractivity contribution in [3.63, 3.8) is 0 Å². The summed E-state index contributed by atoms with van der Waals surface area (Å²) in [5.41, 5.74) is 21.7. The third kappa shape index (κ3) is 15.3. The molecule has 15 nitrogen and oxygen atoms in total. The van der Waals surface area contributed by atoms with Gasteiger partial charge in [-0.15, -0.1) is 0 Å². The van der Waals surface area contributed by atoms with Crippen LogP contribution in [-0.4, -0.2) is 83.1 Å². The zero-order chi connectivity index (χ0) is 28.5. The summed E-state index contributed by atoms with van der Waals surface area (Å²) in [6, 6.07) is -4.82. The molecule has 0 aromatic rings. The summed E-state index contributed by atoms with van der Waals surface area (Å²) < 4.78 is 0. The predicted octanol–water partition coefficient (Wildman–Crippen LogP) is -2.44. The quantitative estimate of drug-likeness (QED) is 0.0480. The monoisotopic (exact) mass is 530 g/mol. The van der Waals surface area contributed by atoms with E-state index in [0.717, 1.165) is 0 Å².